The van der Waals surface area contributed by atoms with Gasteiger partial charge in [-0.15, -0.1) is 0 Å². The lowest BCUT2D eigenvalue weighted by molar-refractivity contribution is -0.137. The second kappa shape index (κ2) is 9.17. The van der Waals surface area contributed by atoms with Crippen LogP contribution in [0, 0.1) is 0 Å². The molecule has 3 rings (SSSR count). The zero-order chi connectivity index (χ0) is 21.2. The van der Waals surface area contributed by atoms with Crippen molar-refractivity contribution < 1.29 is 21.6 Å². The second-order valence-electron chi connectivity index (χ2n) is 8.43. The summed E-state index contributed by atoms with van der Waals surface area (Å²) in [6.07, 6.45) is 8.33. The molecule has 0 aromatic rings. The van der Waals surface area contributed by atoms with Gasteiger partial charge >= 0.3 is 0 Å². The van der Waals surface area contributed by atoms with Crippen LogP contribution in [0.3, 0.4) is 0 Å². The molecule has 0 N–H and O–H groups in total. The standard InChI is InChI=1S/C18H34N4O5S2/c1-19(16-8-4-3-5-9-16)29(26,27)21-14-12-20(13-15-21)18(23)17-10-6-7-11-22(17)28(2,24)25/h16-17H,3-15H2,1-2H3. The molecule has 0 spiro atoms. The molecule has 1 aliphatic carbocycles. The summed E-state index contributed by atoms with van der Waals surface area (Å²) in [7, 11) is -5.33. The molecule has 9 nitrogen and oxygen atoms in total. The average molecular weight is 451 g/mol. The number of nitrogens with zero attached hydrogens (tertiary/aromatic N) is 4. The highest BCUT2D eigenvalue weighted by atomic mass is 32.2. The maximum absolute atomic E-state index is 13.0. The summed E-state index contributed by atoms with van der Waals surface area (Å²) < 4.78 is 54.4. The third-order valence-electron chi connectivity index (χ3n) is 6.49. The Morgan fingerprint density at radius 1 is 0.828 bits per heavy atom. The molecule has 0 aromatic carbocycles. The molecule has 2 aliphatic heterocycles. The fourth-order valence-electron chi connectivity index (χ4n) is 4.71. The van der Waals surface area contributed by atoms with Crippen LogP contribution in [0.5, 0.6) is 0 Å². The number of carbonyl (C=O) groups is 1. The number of piperidine rings is 1. The van der Waals surface area contributed by atoms with E-state index in [9.17, 15) is 21.6 Å². The minimum atomic E-state index is -3.55. The molecular weight excluding hydrogens is 416 g/mol. The van der Waals surface area contributed by atoms with Gasteiger partial charge in [-0.05, 0) is 25.7 Å². The molecule has 1 amide bonds. The van der Waals surface area contributed by atoms with E-state index in [1.54, 1.807) is 11.9 Å². The van der Waals surface area contributed by atoms with Crippen molar-refractivity contribution >= 4 is 26.1 Å². The molecule has 2 heterocycles. The molecule has 2 saturated heterocycles. The monoisotopic (exact) mass is 450 g/mol. The maximum Gasteiger partial charge on any atom is 0.282 e. The number of sulfonamides is 1. The van der Waals surface area contributed by atoms with E-state index in [0.717, 1.165) is 51.2 Å². The first kappa shape index (κ1) is 22.9. The minimum absolute atomic E-state index is 0.0546. The highest BCUT2D eigenvalue weighted by Gasteiger charge is 2.40. The number of piperazine rings is 1. The van der Waals surface area contributed by atoms with Gasteiger partial charge in [-0.1, -0.05) is 25.7 Å². The molecule has 3 fully saturated rings. The van der Waals surface area contributed by atoms with Crippen LogP contribution in [0.15, 0.2) is 0 Å². The summed E-state index contributed by atoms with van der Waals surface area (Å²) in [5, 5.41) is 0. The molecule has 1 saturated carbocycles. The van der Waals surface area contributed by atoms with Crippen LogP contribution in [0.1, 0.15) is 51.4 Å². The van der Waals surface area contributed by atoms with Crippen LogP contribution in [0.4, 0.5) is 0 Å². The van der Waals surface area contributed by atoms with Crippen molar-refractivity contribution in [2.45, 2.75) is 63.5 Å². The van der Waals surface area contributed by atoms with Crippen molar-refractivity contribution in [3.05, 3.63) is 0 Å². The molecule has 3 aliphatic rings. The second-order valence-corrected chi connectivity index (χ2v) is 12.3. The van der Waals surface area contributed by atoms with Gasteiger partial charge in [0, 0.05) is 45.8 Å². The Balaban J connectivity index is 1.61. The van der Waals surface area contributed by atoms with E-state index in [2.05, 4.69) is 0 Å². The van der Waals surface area contributed by atoms with E-state index < -0.39 is 26.3 Å². The van der Waals surface area contributed by atoms with Crippen molar-refractivity contribution in [1.29, 1.82) is 0 Å². The summed E-state index contributed by atoms with van der Waals surface area (Å²) in [6, 6.07) is -0.606. The first-order valence-corrected chi connectivity index (χ1v) is 13.9. The van der Waals surface area contributed by atoms with E-state index in [0.29, 0.717) is 26.1 Å². The predicted octanol–water partition coefficient (Wildman–Crippen LogP) is 0.454. The Morgan fingerprint density at radius 2 is 1.41 bits per heavy atom. The molecule has 0 aromatic heterocycles. The molecule has 1 unspecified atom stereocenters. The van der Waals surface area contributed by atoms with Gasteiger partial charge in [-0.25, -0.2) is 8.42 Å². The van der Waals surface area contributed by atoms with Crippen LogP contribution in [0.25, 0.3) is 0 Å². The van der Waals surface area contributed by atoms with Crippen molar-refractivity contribution in [2.24, 2.45) is 0 Å². The largest absolute Gasteiger partial charge is 0.339 e. The van der Waals surface area contributed by atoms with Gasteiger partial charge in [-0.3, -0.25) is 4.79 Å². The van der Waals surface area contributed by atoms with Crippen molar-refractivity contribution in [3.63, 3.8) is 0 Å². The lowest BCUT2D eigenvalue weighted by Crippen LogP contribution is -2.59. The van der Waals surface area contributed by atoms with Crippen LogP contribution in [-0.2, 0) is 25.0 Å². The van der Waals surface area contributed by atoms with Crippen LogP contribution >= 0.6 is 0 Å². The topological polar surface area (TPSA) is 98.3 Å². The summed E-state index contributed by atoms with van der Waals surface area (Å²) in [6.45, 7) is 1.46. The Morgan fingerprint density at radius 3 is 2.00 bits per heavy atom. The first-order valence-electron chi connectivity index (χ1n) is 10.6. The van der Waals surface area contributed by atoms with Gasteiger partial charge < -0.3 is 4.90 Å². The van der Waals surface area contributed by atoms with E-state index in [4.69, 9.17) is 0 Å². The predicted molar refractivity (Wildman–Crippen MR) is 111 cm³/mol. The van der Waals surface area contributed by atoms with Crippen molar-refractivity contribution in [3.8, 4) is 0 Å². The van der Waals surface area contributed by atoms with Crippen LogP contribution in [-0.4, -0.2) is 98.7 Å². The third-order valence-corrected chi connectivity index (χ3v) is 9.83. The first-order chi connectivity index (χ1) is 13.6. The van der Waals surface area contributed by atoms with E-state index in [-0.39, 0.29) is 25.0 Å². The lowest BCUT2D eigenvalue weighted by atomic mass is 9.96. The summed E-state index contributed by atoms with van der Waals surface area (Å²) in [4.78, 5) is 14.6. The van der Waals surface area contributed by atoms with E-state index in [1.807, 2.05) is 0 Å². The quantitative estimate of drug-likeness (QED) is 0.606. The molecule has 1 atom stereocenters. The molecule has 29 heavy (non-hydrogen) atoms. The number of carbonyl (C=O) groups excluding carboxylic acids is 1. The fourth-order valence-corrected chi connectivity index (χ4v) is 7.41. The van der Waals surface area contributed by atoms with Gasteiger partial charge in [0.15, 0.2) is 0 Å². The van der Waals surface area contributed by atoms with Crippen molar-refractivity contribution in [2.75, 3.05) is 46.0 Å². The average Bonchev–Trinajstić information content (AvgIpc) is 2.72. The maximum atomic E-state index is 13.0. The molecular formula is C18H34N4O5S2. The number of rotatable bonds is 5. The Kier molecular flexibility index (Phi) is 7.25. The molecule has 0 bridgehead atoms. The zero-order valence-electron chi connectivity index (χ0n) is 17.5. The smallest absolute Gasteiger partial charge is 0.282 e. The number of amides is 1. The summed E-state index contributed by atoms with van der Waals surface area (Å²) in [5.41, 5.74) is 0. The van der Waals surface area contributed by atoms with E-state index in [1.165, 1.54) is 12.9 Å². The van der Waals surface area contributed by atoms with Gasteiger partial charge in [0.25, 0.3) is 10.2 Å². The van der Waals surface area contributed by atoms with Crippen LogP contribution in [0.2, 0.25) is 0 Å². The van der Waals surface area contributed by atoms with Gasteiger partial charge in [0.1, 0.15) is 6.04 Å². The lowest BCUT2D eigenvalue weighted by Gasteiger charge is -2.41. The normalized spacial score (nSPS) is 26.7. The van der Waals surface area contributed by atoms with E-state index >= 15 is 0 Å². The summed E-state index contributed by atoms with van der Waals surface area (Å²) >= 11 is 0. The van der Waals surface area contributed by atoms with Gasteiger partial charge in [0.2, 0.25) is 15.9 Å². The highest BCUT2D eigenvalue weighted by Crippen LogP contribution is 2.26. The van der Waals surface area contributed by atoms with Crippen molar-refractivity contribution in [1.82, 2.24) is 17.8 Å². The Bertz CT molecular complexity index is 787. The highest BCUT2D eigenvalue weighted by molar-refractivity contribution is 7.88. The molecule has 0 radical (unpaired) electrons. The Hall–Kier alpha value is -0.750. The van der Waals surface area contributed by atoms with Gasteiger partial charge in [-0.2, -0.15) is 21.3 Å². The fraction of sp³-hybridized carbons (Fsp3) is 0.944. The minimum Gasteiger partial charge on any atom is -0.339 e. The Labute approximate surface area is 175 Å². The number of hydrogen-bond acceptors (Lipinski definition) is 5. The van der Waals surface area contributed by atoms with Gasteiger partial charge in [0.05, 0.1) is 6.26 Å². The molecule has 11 heteroatoms. The SMILES string of the molecule is CN(C1CCCCC1)S(=O)(=O)N1CCN(C(=O)C2CCCCN2S(C)(=O)=O)CC1. The third kappa shape index (κ3) is 5.12. The molecule has 168 valence electrons. The zero-order valence-corrected chi connectivity index (χ0v) is 19.1. The summed E-state index contributed by atoms with van der Waals surface area (Å²) in [5.74, 6) is -0.201. The van der Waals surface area contributed by atoms with Crippen LogP contribution < -0.4 is 0 Å². The number of hydrogen-bond donors (Lipinski definition) is 0.